The highest BCUT2D eigenvalue weighted by Gasteiger charge is 2.28. The van der Waals surface area contributed by atoms with Crippen LogP contribution in [0.1, 0.15) is 45.1 Å². The lowest BCUT2D eigenvalue weighted by atomic mass is 9.82. The van der Waals surface area contributed by atoms with E-state index in [1.54, 1.807) is 0 Å². The molecule has 1 saturated carbocycles. The van der Waals surface area contributed by atoms with E-state index in [1.165, 1.54) is 5.56 Å². The standard InChI is InChI=1S/C17H25NO2/c1-17(2,14-8-4-3-5-9-14)12-18-15-10-6-7-13(11-15)16(19)20/h3-5,8-9,13,15,18H,6-7,10-12H2,1-2H3,(H,19,20). The number of rotatable bonds is 5. The molecule has 1 aromatic rings. The summed E-state index contributed by atoms with van der Waals surface area (Å²) in [6.45, 7) is 5.34. The van der Waals surface area contributed by atoms with Crippen LogP contribution in [0, 0.1) is 5.92 Å². The smallest absolute Gasteiger partial charge is 0.306 e. The van der Waals surface area contributed by atoms with Gasteiger partial charge in [0.2, 0.25) is 0 Å². The number of benzene rings is 1. The average Bonchev–Trinajstić information content (AvgIpc) is 2.46. The van der Waals surface area contributed by atoms with Crippen molar-refractivity contribution in [3.05, 3.63) is 35.9 Å². The van der Waals surface area contributed by atoms with Crippen molar-refractivity contribution >= 4 is 5.97 Å². The van der Waals surface area contributed by atoms with Gasteiger partial charge in [-0.15, -0.1) is 0 Å². The van der Waals surface area contributed by atoms with E-state index in [4.69, 9.17) is 5.11 Å². The Hall–Kier alpha value is -1.35. The molecule has 3 heteroatoms. The van der Waals surface area contributed by atoms with Gasteiger partial charge in [-0.2, -0.15) is 0 Å². The maximum absolute atomic E-state index is 11.1. The highest BCUT2D eigenvalue weighted by atomic mass is 16.4. The van der Waals surface area contributed by atoms with E-state index in [1.807, 2.05) is 6.07 Å². The zero-order valence-corrected chi connectivity index (χ0v) is 12.4. The minimum Gasteiger partial charge on any atom is -0.481 e. The third kappa shape index (κ3) is 3.83. The van der Waals surface area contributed by atoms with E-state index in [-0.39, 0.29) is 11.3 Å². The molecule has 1 fully saturated rings. The Balaban J connectivity index is 1.90. The van der Waals surface area contributed by atoms with Crippen LogP contribution in [0.25, 0.3) is 0 Å². The Kier molecular flexibility index (Phi) is 4.81. The van der Waals surface area contributed by atoms with Crippen molar-refractivity contribution in [2.75, 3.05) is 6.54 Å². The second kappa shape index (κ2) is 6.40. The topological polar surface area (TPSA) is 49.3 Å². The molecule has 2 rings (SSSR count). The van der Waals surface area contributed by atoms with Crippen molar-refractivity contribution < 1.29 is 9.90 Å². The van der Waals surface area contributed by atoms with Crippen molar-refractivity contribution in [2.24, 2.45) is 5.92 Å². The fourth-order valence-corrected chi connectivity index (χ4v) is 2.99. The summed E-state index contributed by atoms with van der Waals surface area (Å²) >= 11 is 0. The molecule has 2 N–H and O–H groups in total. The number of aliphatic carboxylic acids is 1. The molecule has 0 bridgehead atoms. The summed E-state index contributed by atoms with van der Waals surface area (Å²) < 4.78 is 0. The summed E-state index contributed by atoms with van der Waals surface area (Å²) in [6, 6.07) is 10.8. The second-order valence-corrected chi connectivity index (χ2v) is 6.53. The van der Waals surface area contributed by atoms with E-state index in [2.05, 4.69) is 43.4 Å². The van der Waals surface area contributed by atoms with Crippen LogP contribution in [0.5, 0.6) is 0 Å². The molecular formula is C17H25NO2. The predicted octanol–water partition coefficient (Wildman–Crippen LogP) is 3.20. The van der Waals surface area contributed by atoms with Crippen LogP contribution in [-0.2, 0) is 10.2 Å². The summed E-state index contributed by atoms with van der Waals surface area (Å²) in [5, 5.41) is 12.7. The molecule has 0 saturated heterocycles. The minimum atomic E-state index is -0.640. The Morgan fingerprint density at radius 1 is 1.30 bits per heavy atom. The molecule has 0 radical (unpaired) electrons. The number of hydrogen-bond donors (Lipinski definition) is 2. The van der Waals surface area contributed by atoms with Crippen LogP contribution in [0.4, 0.5) is 0 Å². The average molecular weight is 275 g/mol. The third-order valence-corrected chi connectivity index (χ3v) is 4.41. The van der Waals surface area contributed by atoms with Crippen LogP contribution in [0.15, 0.2) is 30.3 Å². The molecule has 20 heavy (non-hydrogen) atoms. The van der Waals surface area contributed by atoms with Crippen LogP contribution in [0.3, 0.4) is 0 Å². The number of carbonyl (C=O) groups is 1. The van der Waals surface area contributed by atoms with Gasteiger partial charge in [0.15, 0.2) is 0 Å². The van der Waals surface area contributed by atoms with Gasteiger partial charge in [0.05, 0.1) is 5.92 Å². The van der Waals surface area contributed by atoms with Crippen LogP contribution < -0.4 is 5.32 Å². The van der Waals surface area contributed by atoms with Gasteiger partial charge in [-0.1, -0.05) is 50.6 Å². The summed E-state index contributed by atoms with van der Waals surface area (Å²) in [7, 11) is 0. The maximum Gasteiger partial charge on any atom is 0.306 e. The summed E-state index contributed by atoms with van der Waals surface area (Å²) in [6.07, 6.45) is 3.70. The predicted molar refractivity (Wildman–Crippen MR) is 80.9 cm³/mol. The highest BCUT2D eigenvalue weighted by Crippen LogP contribution is 2.26. The summed E-state index contributed by atoms with van der Waals surface area (Å²) in [5.41, 5.74) is 1.38. The van der Waals surface area contributed by atoms with E-state index in [0.717, 1.165) is 32.2 Å². The van der Waals surface area contributed by atoms with E-state index in [9.17, 15) is 4.79 Å². The summed E-state index contributed by atoms with van der Waals surface area (Å²) in [4.78, 5) is 11.1. The molecule has 110 valence electrons. The Morgan fingerprint density at radius 3 is 2.65 bits per heavy atom. The lowest BCUT2D eigenvalue weighted by molar-refractivity contribution is -0.143. The quantitative estimate of drug-likeness (QED) is 0.867. The summed E-state index contributed by atoms with van der Waals surface area (Å²) in [5.74, 6) is -0.806. The molecule has 3 nitrogen and oxygen atoms in total. The van der Waals surface area contributed by atoms with E-state index in [0.29, 0.717) is 6.04 Å². The van der Waals surface area contributed by atoms with Crippen molar-refractivity contribution in [3.8, 4) is 0 Å². The first-order valence-electron chi connectivity index (χ1n) is 7.51. The SMILES string of the molecule is CC(C)(CNC1CCCC(C(=O)O)C1)c1ccccc1. The second-order valence-electron chi connectivity index (χ2n) is 6.53. The molecule has 0 heterocycles. The van der Waals surface area contributed by atoms with Crippen LogP contribution in [0.2, 0.25) is 0 Å². The van der Waals surface area contributed by atoms with Gasteiger partial charge in [-0.05, 0) is 24.8 Å². The maximum atomic E-state index is 11.1. The van der Waals surface area contributed by atoms with E-state index >= 15 is 0 Å². The van der Waals surface area contributed by atoms with Gasteiger partial charge >= 0.3 is 5.97 Å². The van der Waals surface area contributed by atoms with Crippen LogP contribution >= 0.6 is 0 Å². The number of nitrogens with one attached hydrogen (secondary N) is 1. The van der Waals surface area contributed by atoms with Crippen molar-refractivity contribution in [1.29, 1.82) is 0 Å². The zero-order valence-electron chi connectivity index (χ0n) is 12.4. The highest BCUT2D eigenvalue weighted by molar-refractivity contribution is 5.70. The fraction of sp³-hybridized carbons (Fsp3) is 0.588. The van der Waals surface area contributed by atoms with E-state index < -0.39 is 5.97 Å². The molecular weight excluding hydrogens is 250 g/mol. The van der Waals surface area contributed by atoms with Crippen LogP contribution in [-0.4, -0.2) is 23.7 Å². The molecule has 1 aliphatic carbocycles. The Labute approximate surface area is 121 Å². The molecule has 2 unspecified atom stereocenters. The van der Waals surface area contributed by atoms with Gasteiger partial charge < -0.3 is 10.4 Å². The molecule has 1 aliphatic rings. The molecule has 0 aliphatic heterocycles. The molecule has 2 atom stereocenters. The first kappa shape index (κ1) is 15.0. The lowest BCUT2D eigenvalue weighted by Gasteiger charge is -2.32. The van der Waals surface area contributed by atoms with Gasteiger partial charge in [0, 0.05) is 18.0 Å². The third-order valence-electron chi connectivity index (χ3n) is 4.41. The first-order valence-corrected chi connectivity index (χ1v) is 7.51. The van der Waals surface area contributed by atoms with Crippen molar-refractivity contribution in [1.82, 2.24) is 5.32 Å². The normalized spacial score (nSPS) is 23.5. The monoisotopic (exact) mass is 275 g/mol. The Bertz CT molecular complexity index is 442. The van der Waals surface area contributed by atoms with Gasteiger partial charge in [0.1, 0.15) is 0 Å². The van der Waals surface area contributed by atoms with Crippen molar-refractivity contribution in [3.63, 3.8) is 0 Å². The largest absolute Gasteiger partial charge is 0.481 e. The van der Waals surface area contributed by atoms with Crippen molar-refractivity contribution in [2.45, 2.75) is 51.0 Å². The molecule has 0 aromatic heterocycles. The molecule has 1 aromatic carbocycles. The Morgan fingerprint density at radius 2 is 2.00 bits per heavy atom. The molecule has 0 spiro atoms. The number of carboxylic acid groups (broad SMARTS) is 1. The lowest BCUT2D eigenvalue weighted by Crippen LogP contribution is -2.42. The molecule has 0 amide bonds. The number of carboxylic acids is 1. The van der Waals surface area contributed by atoms with Gasteiger partial charge in [0.25, 0.3) is 0 Å². The van der Waals surface area contributed by atoms with Gasteiger partial charge in [-0.3, -0.25) is 4.79 Å². The first-order chi connectivity index (χ1) is 9.49. The zero-order chi connectivity index (χ0) is 14.6. The fourth-order valence-electron chi connectivity index (χ4n) is 2.99. The number of hydrogen-bond acceptors (Lipinski definition) is 2. The van der Waals surface area contributed by atoms with Gasteiger partial charge in [-0.25, -0.2) is 0 Å². The minimum absolute atomic E-state index is 0.0669.